The van der Waals surface area contributed by atoms with Gasteiger partial charge in [0, 0.05) is 10.5 Å². The number of hydrogen-bond donors (Lipinski definition) is 2. The first kappa shape index (κ1) is 13.2. The minimum absolute atomic E-state index is 0.330. The lowest BCUT2D eigenvalue weighted by atomic mass is 10.2. The number of allylic oxidation sites excluding steroid dienone is 1. The van der Waals surface area contributed by atoms with Crippen LogP contribution in [0.5, 0.6) is 0 Å². The summed E-state index contributed by atoms with van der Waals surface area (Å²) in [6.07, 6.45) is 2.23. The van der Waals surface area contributed by atoms with Gasteiger partial charge in [-0.2, -0.15) is 0 Å². The summed E-state index contributed by atoms with van der Waals surface area (Å²) in [4.78, 5) is 4.14. The van der Waals surface area contributed by atoms with Gasteiger partial charge in [0.25, 0.3) is 0 Å². The van der Waals surface area contributed by atoms with Crippen LogP contribution in [0.15, 0.2) is 27.6 Å². The molecule has 1 heterocycles. The molecule has 1 rings (SSSR count). The lowest BCUT2D eigenvalue weighted by Gasteiger charge is -2.23. The second-order valence-corrected chi connectivity index (χ2v) is 4.41. The van der Waals surface area contributed by atoms with E-state index in [1.165, 1.54) is 11.1 Å². The lowest BCUT2D eigenvalue weighted by molar-refractivity contribution is 0.461. The van der Waals surface area contributed by atoms with Crippen LogP contribution >= 0.6 is 45.8 Å². The van der Waals surface area contributed by atoms with Crippen LogP contribution in [0.3, 0.4) is 0 Å². The van der Waals surface area contributed by atoms with Gasteiger partial charge in [-0.25, -0.2) is 10.8 Å². The molecule has 4 nitrogen and oxygen atoms in total. The van der Waals surface area contributed by atoms with E-state index in [-0.39, 0.29) is 0 Å². The highest BCUT2D eigenvalue weighted by Crippen LogP contribution is 2.24. The van der Waals surface area contributed by atoms with Gasteiger partial charge in [-0.15, -0.1) is 0 Å². The Labute approximate surface area is 112 Å². The molecule has 0 aromatic carbocycles. The van der Waals surface area contributed by atoms with Crippen LogP contribution in [0.4, 0.5) is 0 Å². The van der Waals surface area contributed by atoms with Crippen molar-refractivity contribution in [1.82, 2.24) is 5.01 Å². The molecule has 0 aromatic heterocycles. The summed E-state index contributed by atoms with van der Waals surface area (Å²) in [6.45, 7) is 0.546. The van der Waals surface area contributed by atoms with Gasteiger partial charge >= 0.3 is 0 Å². The maximum Gasteiger partial charge on any atom is 0.149 e. The molecule has 7 heteroatoms. The molecule has 15 heavy (non-hydrogen) atoms. The van der Waals surface area contributed by atoms with E-state index in [1.54, 1.807) is 0 Å². The molecule has 0 amide bonds. The Morgan fingerprint density at radius 1 is 1.53 bits per heavy atom. The van der Waals surface area contributed by atoms with Crippen molar-refractivity contribution in [2.45, 2.75) is 6.42 Å². The fraction of sp³-hybridized carbons (Fsp3) is 0.375. The molecule has 0 spiro atoms. The average Bonchev–Trinajstić information content (AvgIpc) is 2.20. The molecule has 0 unspecified atom stereocenters. The lowest BCUT2D eigenvalue weighted by Crippen LogP contribution is -2.31. The Bertz CT molecular complexity index is 338. The Kier molecular flexibility index (Phi) is 5.34. The molecule has 0 aliphatic carbocycles. The number of nitrogens with two attached hydrogens (primary N) is 2. The summed E-state index contributed by atoms with van der Waals surface area (Å²) in [6, 6.07) is 0. The smallest absolute Gasteiger partial charge is 0.149 e. The van der Waals surface area contributed by atoms with Crippen LogP contribution in [0.25, 0.3) is 0 Å². The van der Waals surface area contributed by atoms with Crippen LogP contribution in [0.1, 0.15) is 6.42 Å². The number of alkyl halides is 1. The van der Waals surface area contributed by atoms with Crippen molar-refractivity contribution >= 4 is 51.0 Å². The Balaban J connectivity index is 3.08. The van der Waals surface area contributed by atoms with Crippen molar-refractivity contribution < 1.29 is 0 Å². The van der Waals surface area contributed by atoms with Crippen LogP contribution in [-0.2, 0) is 0 Å². The van der Waals surface area contributed by atoms with Crippen molar-refractivity contribution in [2.24, 2.45) is 16.6 Å². The van der Waals surface area contributed by atoms with Crippen molar-refractivity contribution in [2.75, 3.05) is 11.0 Å². The molecule has 0 bridgehead atoms. The van der Waals surface area contributed by atoms with E-state index < -0.39 is 0 Å². The first-order valence-electron chi connectivity index (χ1n) is 4.24. The summed E-state index contributed by atoms with van der Waals surface area (Å²) in [5, 5.41) is 2.00. The predicted molar refractivity (Wildman–Crippen MR) is 72.8 cm³/mol. The van der Waals surface area contributed by atoms with Crippen LogP contribution in [0.2, 0.25) is 0 Å². The summed E-state index contributed by atoms with van der Waals surface area (Å²) in [7, 11) is 0. The van der Waals surface area contributed by atoms with Crippen LogP contribution in [0, 0.1) is 0 Å². The highest BCUT2D eigenvalue weighted by molar-refractivity contribution is 14.1. The highest BCUT2D eigenvalue weighted by Gasteiger charge is 2.18. The third-order valence-corrected chi connectivity index (χ3v) is 3.24. The van der Waals surface area contributed by atoms with Gasteiger partial charge in [0.2, 0.25) is 0 Å². The quantitative estimate of drug-likeness (QED) is 0.349. The SMILES string of the molecule is NCC/C(CI)=C1\N=C(Cl)C=C(Cl)N1N. The Hall–Kier alpha value is 0.180. The summed E-state index contributed by atoms with van der Waals surface area (Å²) in [5.41, 5.74) is 6.53. The van der Waals surface area contributed by atoms with Crippen molar-refractivity contribution in [3.8, 4) is 0 Å². The molecule has 84 valence electrons. The number of halogens is 3. The monoisotopic (exact) mass is 360 g/mol. The van der Waals surface area contributed by atoms with E-state index in [2.05, 4.69) is 27.6 Å². The van der Waals surface area contributed by atoms with E-state index in [0.717, 1.165) is 16.4 Å². The third kappa shape index (κ3) is 3.32. The van der Waals surface area contributed by atoms with Crippen molar-refractivity contribution in [3.63, 3.8) is 0 Å². The second-order valence-electron chi connectivity index (χ2n) is 2.87. The Morgan fingerprint density at radius 2 is 2.20 bits per heavy atom. The minimum atomic E-state index is 0.330. The number of nitrogens with zero attached hydrogens (tertiary/aromatic N) is 2. The molecular formula is C8H11Cl2IN4. The number of hydrazine groups is 1. The molecule has 0 fully saturated rings. The van der Waals surface area contributed by atoms with E-state index >= 15 is 0 Å². The molecular weight excluding hydrogens is 350 g/mol. The highest BCUT2D eigenvalue weighted by atomic mass is 127. The summed E-state index contributed by atoms with van der Waals surface area (Å²) < 4.78 is 0.788. The largest absolute Gasteiger partial charge is 0.330 e. The van der Waals surface area contributed by atoms with E-state index in [1.807, 2.05) is 0 Å². The summed E-state index contributed by atoms with van der Waals surface area (Å²) in [5.74, 6) is 6.35. The van der Waals surface area contributed by atoms with Crippen LogP contribution < -0.4 is 11.6 Å². The average molecular weight is 361 g/mol. The van der Waals surface area contributed by atoms with Gasteiger partial charge < -0.3 is 5.73 Å². The number of aliphatic imine (C=N–C) groups is 1. The fourth-order valence-electron chi connectivity index (χ4n) is 1.12. The van der Waals surface area contributed by atoms with Gasteiger partial charge in [0.15, 0.2) is 0 Å². The van der Waals surface area contributed by atoms with E-state index in [0.29, 0.717) is 22.7 Å². The van der Waals surface area contributed by atoms with Gasteiger partial charge in [0.1, 0.15) is 16.1 Å². The molecule has 0 radical (unpaired) electrons. The zero-order valence-corrected chi connectivity index (χ0v) is 11.6. The van der Waals surface area contributed by atoms with E-state index in [9.17, 15) is 0 Å². The zero-order chi connectivity index (χ0) is 11.4. The van der Waals surface area contributed by atoms with Crippen molar-refractivity contribution in [1.29, 1.82) is 0 Å². The van der Waals surface area contributed by atoms with Gasteiger partial charge in [-0.05, 0) is 18.5 Å². The molecule has 0 saturated heterocycles. The van der Waals surface area contributed by atoms with Gasteiger partial charge in [0.05, 0.1) is 0 Å². The van der Waals surface area contributed by atoms with Gasteiger partial charge in [-0.3, -0.25) is 5.01 Å². The molecule has 1 aliphatic rings. The van der Waals surface area contributed by atoms with Gasteiger partial charge in [-0.1, -0.05) is 45.8 Å². The maximum atomic E-state index is 5.89. The Morgan fingerprint density at radius 3 is 2.73 bits per heavy atom. The topological polar surface area (TPSA) is 67.6 Å². The first-order chi connectivity index (χ1) is 7.10. The zero-order valence-electron chi connectivity index (χ0n) is 7.88. The third-order valence-electron chi connectivity index (χ3n) is 1.83. The molecule has 0 atom stereocenters. The molecule has 0 saturated carbocycles. The van der Waals surface area contributed by atoms with Crippen LogP contribution in [-0.4, -0.2) is 21.2 Å². The first-order valence-corrected chi connectivity index (χ1v) is 6.52. The second kappa shape index (κ2) is 6.05. The van der Waals surface area contributed by atoms with Crippen molar-refractivity contribution in [3.05, 3.63) is 22.6 Å². The minimum Gasteiger partial charge on any atom is -0.330 e. The van der Waals surface area contributed by atoms with E-state index in [4.69, 9.17) is 34.8 Å². The standard InChI is InChI=1S/C8H11Cl2IN4/c9-6-3-7(10)15(13)8(14-6)5(4-11)1-2-12/h3H,1-2,4,12-13H2/b8-5-. The molecule has 4 N–H and O–H groups in total. The predicted octanol–water partition coefficient (Wildman–Crippen LogP) is 1.89. The normalized spacial score (nSPS) is 19.9. The maximum absolute atomic E-state index is 5.89. The number of rotatable bonds is 3. The number of hydrogen-bond acceptors (Lipinski definition) is 4. The molecule has 0 aromatic rings. The fourth-order valence-corrected chi connectivity index (χ4v) is 2.26. The summed E-state index contributed by atoms with van der Waals surface area (Å²) >= 11 is 13.9. The molecule has 1 aliphatic heterocycles.